The van der Waals surface area contributed by atoms with E-state index in [1.54, 1.807) is 10.6 Å². The number of likely N-dealkylation sites (N-methyl/N-ethyl adjacent to an activating group) is 1. The van der Waals surface area contributed by atoms with Gasteiger partial charge in [0.1, 0.15) is 11.5 Å². The molecule has 3 aromatic rings. The molecule has 0 bridgehead atoms. The molecule has 0 saturated carbocycles. The van der Waals surface area contributed by atoms with Gasteiger partial charge in [0.2, 0.25) is 5.82 Å². The summed E-state index contributed by atoms with van der Waals surface area (Å²) in [6, 6.07) is 11.0. The van der Waals surface area contributed by atoms with Gasteiger partial charge in [0, 0.05) is 51.0 Å². The third kappa shape index (κ3) is 5.37. The average molecular weight is 493 g/mol. The molecule has 1 amide bonds. The summed E-state index contributed by atoms with van der Waals surface area (Å²) in [4.78, 5) is 17.7. The molecule has 192 valence electrons. The first kappa shape index (κ1) is 25.7. The zero-order valence-electron chi connectivity index (χ0n) is 21.5. The van der Waals surface area contributed by atoms with Gasteiger partial charge in [-0.25, -0.2) is 0 Å². The molecule has 0 atom stereocenters. The molecule has 0 unspecified atom stereocenters. The maximum atomic E-state index is 12.8. The number of amides is 1. The van der Waals surface area contributed by atoms with E-state index in [0.717, 1.165) is 45.0 Å². The van der Waals surface area contributed by atoms with Gasteiger partial charge in [-0.05, 0) is 48.7 Å². The number of nitrogens with zero attached hydrogens (tertiary/aromatic N) is 5. The summed E-state index contributed by atoms with van der Waals surface area (Å²) >= 11 is 0. The van der Waals surface area contributed by atoms with Gasteiger partial charge in [-0.15, -0.1) is 10.2 Å². The highest BCUT2D eigenvalue weighted by atomic mass is 16.3. The molecule has 0 spiro atoms. The monoisotopic (exact) mass is 492 g/mol. The minimum atomic E-state index is -0.350. The lowest BCUT2D eigenvalue weighted by atomic mass is 9.98. The van der Waals surface area contributed by atoms with Crippen LogP contribution in [0, 0.1) is 0 Å². The average Bonchev–Trinajstić information content (AvgIpc) is 3.30. The number of aromatic nitrogens is 3. The van der Waals surface area contributed by atoms with Gasteiger partial charge in [-0.3, -0.25) is 14.3 Å². The van der Waals surface area contributed by atoms with Crippen LogP contribution in [0.2, 0.25) is 0 Å². The molecule has 1 aliphatic heterocycles. The van der Waals surface area contributed by atoms with Gasteiger partial charge < -0.3 is 20.4 Å². The number of benzene rings is 2. The maximum Gasteiger partial charge on any atom is 0.289 e. The van der Waals surface area contributed by atoms with Crippen LogP contribution in [0.1, 0.15) is 55.4 Å². The van der Waals surface area contributed by atoms with Crippen molar-refractivity contribution in [2.24, 2.45) is 0 Å². The quantitative estimate of drug-likeness (QED) is 0.443. The molecule has 1 aromatic heterocycles. The predicted molar refractivity (Wildman–Crippen MR) is 140 cm³/mol. The highest BCUT2D eigenvalue weighted by Gasteiger charge is 2.24. The minimum absolute atomic E-state index is 0.0189. The van der Waals surface area contributed by atoms with E-state index < -0.39 is 0 Å². The summed E-state index contributed by atoms with van der Waals surface area (Å²) in [5.41, 5.74) is 2.98. The Morgan fingerprint density at radius 2 is 1.64 bits per heavy atom. The summed E-state index contributed by atoms with van der Waals surface area (Å²) < 4.78 is 1.66. The summed E-state index contributed by atoms with van der Waals surface area (Å²) in [6.45, 7) is 14.6. The molecule has 2 aromatic carbocycles. The van der Waals surface area contributed by atoms with Crippen molar-refractivity contribution in [3.8, 4) is 28.6 Å². The SMILES string of the molecule is CCNC(=O)c1nnc(-c2cc(C(C)C)c(O)cc2O)n1-c1ccc(CN2CCN(CC)CC2)cc1. The Morgan fingerprint density at radius 1 is 0.972 bits per heavy atom. The van der Waals surface area contributed by atoms with Crippen LogP contribution >= 0.6 is 0 Å². The van der Waals surface area contributed by atoms with Crippen molar-refractivity contribution >= 4 is 5.91 Å². The maximum absolute atomic E-state index is 12.8. The molecule has 1 saturated heterocycles. The van der Waals surface area contributed by atoms with Crippen LogP contribution in [-0.2, 0) is 6.54 Å². The van der Waals surface area contributed by atoms with Gasteiger partial charge in [0.15, 0.2) is 5.82 Å². The summed E-state index contributed by atoms with van der Waals surface area (Å²) in [5.74, 6) is 0.0349. The van der Waals surface area contributed by atoms with Crippen molar-refractivity contribution < 1.29 is 15.0 Å². The summed E-state index contributed by atoms with van der Waals surface area (Å²) in [6.07, 6.45) is 0. The number of hydrogen-bond donors (Lipinski definition) is 3. The van der Waals surface area contributed by atoms with Gasteiger partial charge >= 0.3 is 0 Å². The van der Waals surface area contributed by atoms with Crippen molar-refractivity contribution in [3.63, 3.8) is 0 Å². The molecule has 36 heavy (non-hydrogen) atoms. The number of carbonyl (C=O) groups is 1. The van der Waals surface area contributed by atoms with E-state index in [-0.39, 0.29) is 29.1 Å². The van der Waals surface area contributed by atoms with Gasteiger partial charge in [0.05, 0.1) is 5.56 Å². The van der Waals surface area contributed by atoms with Crippen molar-refractivity contribution in [2.45, 2.75) is 40.2 Å². The van der Waals surface area contributed by atoms with E-state index in [1.807, 2.05) is 32.9 Å². The fourth-order valence-electron chi connectivity index (χ4n) is 4.60. The second-order valence-corrected chi connectivity index (χ2v) is 9.50. The Balaban J connectivity index is 1.70. The van der Waals surface area contributed by atoms with E-state index in [4.69, 9.17) is 0 Å². The number of rotatable bonds is 8. The van der Waals surface area contributed by atoms with Crippen LogP contribution in [0.3, 0.4) is 0 Å². The van der Waals surface area contributed by atoms with E-state index >= 15 is 0 Å². The lowest BCUT2D eigenvalue weighted by Crippen LogP contribution is -2.45. The van der Waals surface area contributed by atoms with Crippen molar-refractivity contribution in [2.75, 3.05) is 39.3 Å². The third-order valence-electron chi connectivity index (χ3n) is 6.72. The molecule has 0 aliphatic carbocycles. The van der Waals surface area contributed by atoms with Gasteiger partial charge in [-0.2, -0.15) is 0 Å². The number of phenols is 2. The van der Waals surface area contributed by atoms with Crippen LogP contribution in [0.5, 0.6) is 11.5 Å². The lowest BCUT2D eigenvalue weighted by molar-refractivity contribution is 0.0943. The Labute approximate surface area is 212 Å². The molecule has 3 N–H and O–H groups in total. The normalized spacial score (nSPS) is 14.9. The van der Waals surface area contributed by atoms with E-state index in [9.17, 15) is 15.0 Å². The zero-order chi connectivity index (χ0) is 25.8. The number of hydrogen-bond acceptors (Lipinski definition) is 7. The molecular formula is C27H36N6O3. The highest BCUT2D eigenvalue weighted by molar-refractivity contribution is 5.92. The minimum Gasteiger partial charge on any atom is -0.508 e. The van der Waals surface area contributed by atoms with E-state index in [0.29, 0.717) is 23.5 Å². The smallest absolute Gasteiger partial charge is 0.289 e. The Hall–Kier alpha value is -3.43. The Bertz CT molecular complexity index is 1200. The summed E-state index contributed by atoms with van der Waals surface area (Å²) in [7, 11) is 0. The molecule has 1 aliphatic rings. The van der Waals surface area contributed by atoms with Crippen molar-refractivity contribution in [1.29, 1.82) is 0 Å². The van der Waals surface area contributed by atoms with Crippen molar-refractivity contribution in [1.82, 2.24) is 29.9 Å². The molecule has 2 heterocycles. The first-order valence-corrected chi connectivity index (χ1v) is 12.7. The Morgan fingerprint density at radius 3 is 2.25 bits per heavy atom. The fraction of sp³-hybridized carbons (Fsp3) is 0.444. The van der Waals surface area contributed by atoms with Crippen LogP contribution in [0.4, 0.5) is 0 Å². The predicted octanol–water partition coefficient (Wildman–Crippen LogP) is 3.36. The highest BCUT2D eigenvalue weighted by Crippen LogP contribution is 2.38. The second kappa shape index (κ2) is 11.1. The van der Waals surface area contributed by atoms with Crippen LogP contribution in [-0.4, -0.2) is 80.0 Å². The molecular weight excluding hydrogens is 456 g/mol. The second-order valence-electron chi connectivity index (χ2n) is 9.50. The largest absolute Gasteiger partial charge is 0.508 e. The van der Waals surface area contributed by atoms with Crippen LogP contribution in [0.25, 0.3) is 17.1 Å². The van der Waals surface area contributed by atoms with E-state index in [1.165, 1.54) is 11.6 Å². The number of piperazine rings is 1. The Kier molecular flexibility index (Phi) is 7.91. The van der Waals surface area contributed by atoms with Gasteiger partial charge in [-0.1, -0.05) is 32.9 Å². The van der Waals surface area contributed by atoms with Crippen LogP contribution in [0.15, 0.2) is 36.4 Å². The van der Waals surface area contributed by atoms with Gasteiger partial charge in [0.25, 0.3) is 5.91 Å². The number of phenolic OH excluding ortho intramolecular Hbond substituents is 2. The third-order valence-corrected chi connectivity index (χ3v) is 6.72. The number of nitrogens with one attached hydrogen (secondary N) is 1. The summed E-state index contributed by atoms with van der Waals surface area (Å²) in [5, 5.41) is 32.2. The number of aromatic hydroxyl groups is 2. The van der Waals surface area contributed by atoms with Crippen LogP contribution < -0.4 is 5.32 Å². The first-order valence-electron chi connectivity index (χ1n) is 12.7. The van der Waals surface area contributed by atoms with E-state index in [2.05, 4.69) is 44.4 Å². The standard InChI is InChI=1S/C27H36N6O3/c1-5-28-27(36)26-30-29-25(22-15-21(18(3)4)23(34)16-24(22)35)33(26)20-9-7-19(8-10-20)17-32-13-11-31(6-2)12-14-32/h7-10,15-16,18,34-35H,5-6,11-14,17H2,1-4H3,(H,28,36). The lowest BCUT2D eigenvalue weighted by Gasteiger charge is -2.34. The molecule has 0 radical (unpaired) electrons. The topological polar surface area (TPSA) is 107 Å². The number of carbonyl (C=O) groups excluding carboxylic acids is 1. The van der Waals surface area contributed by atoms with Crippen molar-refractivity contribution in [3.05, 3.63) is 53.3 Å². The zero-order valence-corrected chi connectivity index (χ0v) is 21.5. The first-order chi connectivity index (χ1) is 17.3. The molecule has 1 fully saturated rings. The molecule has 9 heteroatoms. The molecule has 9 nitrogen and oxygen atoms in total. The fourth-order valence-corrected chi connectivity index (χ4v) is 4.60. The molecule has 4 rings (SSSR count).